The molecule has 1 amide bonds. The lowest BCUT2D eigenvalue weighted by atomic mass is 9.78. The van der Waals surface area contributed by atoms with Crippen LogP contribution in [0.15, 0.2) is 24.3 Å². The van der Waals surface area contributed by atoms with E-state index in [2.05, 4.69) is 0 Å². The van der Waals surface area contributed by atoms with Crippen LogP contribution < -0.4 is 5.73 Å². The fraction of sp³-hybridized carbons (Fsp3) is 0.533. The van der Waals surface area contributed by atoms with Crippen LogP contribution in [-0.4, -0.2) is 34.8 Å². The van der Waals surface area contributed by atoms with Crippen molar-refractivity contribution in [1.29, 1.82) is 0 Å². The van der Waals surface area contributed by atoms with E-state index in [1.807, 2.05) is 26.8 Å². The van der Waals surface area contributed by atoms with Gasteiger partial charge in [0.1, 0.15) is 11.4 Å². The van der Waals surface area contributed by atoms with Crippen LogP contribution in [0.2, 0.25) is 0 Å². The first-order valence-electron chi connectivity index (χ1n) is 6.79. The minimum Gasteiger partial charge on any atom is -0.508 e. The number of carbonyl (C=O) groups excluding carboxylic acids is 1. The van der Waals surface area contributed by atoms with Gasteiger partial charge in [-0.15, -0.1) is 0 Å². The number of nitrogens with zero attached hydrogens (tertiary/aromatic N) is 1. The van der Waals surface area contributed by atoms with Crippen LogP contribution in [0, 0.1) is 0 Å². The van der Waals surface area contributed by atoms with Crippen LogP contribution in [-0.2, 0) is 10.3 Å². The van der Waals surface area contributed by atoms with Gasteiger partial charge in [-0.2, -0.15) is 0 Å². The van der Waals surface area contributed by atoms with Crippen molar-refractivity contribution in [2.75, 3.05) is 13.1 Å². The highest BCUT2D eigenvalue weighted by Crippen LogP contribution is 2.43. The number of hydrogen-bond acceptors (Lipinski definition) is 4. The summed E-state index contributed by atoms with van der Waals surface area (Å²) < 4.78 is 5.41. The highest BCUT2D eigenvalue weighted by atomic mass is 16.6. The quantitative estimate of drug-likeness (QED) is 0.869. The largest absolute Gasteiger partial charge is 0.508 e. The number of aromatic hydroxyl groups is 1. The molecule has 5 heteroatoms. The van der Waals surface area contributed by atoms with Gasteiger partial charge in [-0.05, 0) is 33.3 Å². The van der Waals surface area contributed by atoms with Crippen molar-refractivity contribution in [3.05, 3.63) is 29.8 Å². The lowest BCUT2D eigenvalue weighted by Gasteiger charge is -2.52. The Kier molecular flexibility index (Phi) is 3.65. The molecule has 1 aromatic rings. The Hall–Kier alpha value is -1.75. The smallest absolute Gasteiger partial charge is 0.411 e. The second kappa shape index (κ2) is 4.98. The zero-order valence-electron chi connectivity index (χ0n) is 12.2. The summed E-state index contributed by atoms with van der Waals surface area (Å²) in [6.07, 6.45) is 0.331. The average Bonchev–Trinajstić information content (AvgIpc) is 2.29. The molecular formula is C15H22N2O3. The molecule has 5 nitrogen and oxygen atoms in total. The highest BCUT2D eigenvalue weighted by Gasteiger charge is 2.50. The van der Waals surface area contributed by atoms with Gasteiger partial charge in [0.25, 0.3) is 0 Å². The molecule has 3 N–H and O–H groups in total. The van der Waals surface area contributed by atoms with Gasteiger partial charge in [-0.1, -0.05) is 18.2 Å². The fourth-order valence-electron chi connectivity index (χ4n) is 2.55. The number of rotatable bonds is 2. The molecule has 20 heavy (non-hydrogen) atoms. The molecule has 0 aliphatic carbocycles. The molecular weight excluding hydrogens is 256 g/mol. The number of amides is 1. The summed E-state index contributed by atoms with van der Waals surface area (Å²) in [4.78, 5) is 13.9. The number of benzene rings is 1. The number of phenols is 1. The monoisotopic (exact) mass is 278 g/mol. The number of hydrogen-bond donors (Lipinski definition) is 2. The predicted molar refractivity (Wildman–Crippen MR) is 76.4 cm³/mol. The van der Waals surface area contributed by atoms with Crippen LogP contribution in [0.3, 0.4) is 0 Å². The number of ether oxygens (including phenoxy) is 1. The van der Waals surface area contributed by atoms with Crippen molar-refractivity contribution in [3.63, 3.8) is 0 Å². The van der Waals surface area contributed by atoms with E-state index < -0.39 is 17.2 Å². The summed E-state index contributed by atoms with van der Waals surface area (Å²) in [5.74, 6) is 0.159. The normalized spacial score (nSPS) is 22.3. The molecule has 1 aliphatic heterocycles. The zero-order chi connectivity index (χ0) is 15.0. The number of carbonyl (C=O) groups is 1. The molecule has 0 bridgehead atoms. The van der Waals surface area contributed by atoms with Gasteiger partial charge in [0, 0.05) is 18.7 Å². The van der Waals surface area contributed by atoms with Crippen molar-refractivity contribution in [3.8, 4) is 5.75 Å². The third-order valence-electron chi connectivity index (χ3n) is 3.62. The molecule has 1 heterocycles. The molecule has 0 spiro atoms. The van der Waals surface area contributed by atoms with Gasteiger partial charge in [0.05, 0.1) is 5.54 Å². The fourth-order valence-corrected chi connectivity index (χ4v) is 2.55. The molecule has 1 fully saturated rings. The third kappa shape index (κ3) is 2.45. The van der Waals surface area contributed by atoms with Gasteiger partial charge in [-0.25, -0.2) is 4.79 Å². The standard InChI is InChI=1S/C15H22N2O3/c1-14(2,3)20-13(19)17-9-8-15(17,10-16)11-6-4-5-7-12(11)18/h4-7,18H,8-10,16H2,1-3H3. The highest BCUT2D eigenvalue weighted by molar-refractivity contribution is 5.71. The molecule has 1 aliphatic rings. The van der Waals surface area contributed by atoms with Gasteiger partial charge in [0.15, 0.2) is 0 Å². The summed E-state index contributed by atoms with van der Waals surface area (Å²) in [6, 6.07) is 6.99. The van der Waals surface area contributed by atoms with Crippen LogP contribution >= 0.6 is 0 Å². The third-order valence-corrected chi connectivity index (χ3v) is 3.62. The van der Waals surface area contributed by atoms with Gasteiger partial charge >= 0.3 is 6.09 Å². The van der Waals surface area contributed by atoms with E-state index in [0.29, 0.717) is 12.1 Å². The SMILES string of the molecule is CC(C)(C)OC(=O)N1CCC1(CN)c1ccccc1O. The Morgan fingerprint density at radius 3 is 2.55 bits per heavy atom. The molecule has 1 unspecified atom stereocenters. The summed E-state index contributed by atoms with van der Waals surface area (Å²) in [7, 11) is 0. The molecule has 0 aromatic heterocycles. The Bertz CT molecular complexity index is 506. The van der Waals surface area contributed by atoms with Crippen molar-refractivity contribution in [2.24, 2.45) is 5.73 Å². The predicted octanol–water partition coefficient (Wildman–Crippen LogP) is 2.19. The molecule has 1 atom stereocenters. The number of nitrogens with two attached hydrogens (primary N) is 1. The van der Waals surface area contributed by atoms with Crippen LogP contribution in [0.1, 0.15) is 32.8 Å². The molecule has 110 valence electrons. The van der Waals surface area contributed by atoms with Gasteiger partial charge in [0.2, 0.25) is 0 Å². The maximum Gasteiger partial charge on any atom is 0.411 e. The van der Waals surface area contributed by atoms with Crippen LogP contribution in [0.4, 0.5) is 4.79 Å². The summed E-state index contributed by atoms with van der Waals surface area (Å²) in [6.45, 7) is 6.32. The number of para-hydroxylation sites is 1. The van der Waals surface area contributed by atoms with Crippen molar-refractivity contribution >= 4 is 6.09 Å². The van der Waals surface area contributed by atoms with Crippen LogP contribution in [0.25, 0.3) is 0 Å². The minimum atomic E-state index is -0.659. The maximum atomic E-state index is 12.3. The summed E-state index contributed by atoms with van der Waals surface area (Å²) in [5, 5.41) is 10.0. The summed E-state index contributed by atoms with van der Waals surface area (Å²) in [5.41, 5.74) is 5.37. The molecule has 0 saturated carbocycles. The number of phenolic OH excluding ortho intramolecular Hbond substituents is 1. The topological polar surface area (TPSA) is 75.8 Å². The Morgan fingerprint density at radius 1 is 1.45 bits per heavy atom. The second-order valence-electron chi connectivity index (χ2n) is 6.13. The Morgan fingerprint density at radius 2 is 2.10 bits per heavy atom. The van der Waals surface area contributed by atoms with E-state index in [-0.39, 0.29) is 12.3 Å². The van der Waals surface area contributed by atoms with E-state index in [4.69, 9.17) is 10.5 Å². The maximum absolute atomic E-state index is 12.3. The Balaban J connectivity index is 2.29. The van der Waals surface area contributed by atoms with E-state index in [0.717, 1.165) is 6.42 Å². The first-order valence-corrected chi connectivity index (χ1v) is 6.79. The molecule has 1 saturated heterocycles. The molecule has 0 radical (unpaired) electrons. The van der Waals surface area contributed by atoms with E-state index >= 15 is 0 Å². The zero-order valence-corrected chi connectivity index (χ0v) is 12.2. The first-order chi connectivity index (χ1) is 9.30. The number of likely N-dealkylation sites (tertiary alicyclic amines) is 1. The van der Waals surface area contributed by atoms with Gasteiger partial charge < -0.3 is 15.6 Å². The van der Waals surface area contributed by atoms with Crippen molar-refractivity contribution in [2.45, 2.75) is 38.3 Å². The van der Waals surface area contributed by atoms with E-state index in [9.17, 15) is 9.90 Å². The van der Waals surface area contributed by atoms with Gasteiger partial charge in [-0.3, -0.25) is 4.90 Å². The lowest BCUT2D eigenvalue weighted by Crippen LogP contribution is -2.64. The second-order valence-corrected chi connectivity index (χ2v) is 6.13. The van der Waals surface area contributed by atoms with Crippen molar-refractivity contribution < 1.29 is 14.6 Å². The first kappa shape index (κ1) is 14.7. The summed E-state index contributed by atoms with van der Waals surface area (Å²) >= 11 is 0. The van der Waals surface area contributed by atoms with Crippen molar-refractivity contribution in [1.82, 2.24) is 4.90 Å². The minimum absolute atomic E-state index is 0.159. The average molecular weight is 278 g/mol. The molecule has 2 rings (SSSR count). The Labute approximate surface area is 119 Å². The van der Waals surface area contributed by atoms with Crippen LogP contribution in [0.5, 0.6) is 5.75 Å². The van der Waals surface area contributed by atoms with E-state index in [1.54, 1.807) is 23.1 Å². The lowest BCUT2D eigenvalue weighted by molar-refractivity contribution is -0.0447. The molecule has 1 aromatic carbocycles. The van der Waals surface area contributed by atoms with E-state index in [1.165, 1.54) is 0 Å².